The number of imide groups is 1. The molecule has 2 saturated heterocycles. The number of carbonyl (C=O) groups is 2. The Morgan fingerprint density at radius 3 is 2.24 bits per heavy atom. The van der Waals surface area contributed by atoms with Gasteiger partial charge in [0.15, 0.2) is 6.10 Å². The predicted octanol–water partition coefficient (Wildman–Crippen LogP) is 4.29. The molecule has 3 aromatic rings. The minimum Gasteiger partial charge on any atom is -0.467 e. The summed E-state index contributed by atoms with van der Waals surface area (Å²) in [7, 11) is 0. The van der Waals surface area contributed by atoms with Gasteiger partial charge in [-0.15, -0.1) is 0 Å². The van der Waals surface area contributed by atoms with Crippen molar-refractivity contribution in [1.29, 1.82) is 0 Å². The van der Waals surface area contributed by atoms with Gasteiger partial charge in [-0.2, -0.15) is 0 Å². The van der Waals surface area contributed by atoms with Crippen molar-refractivity contribution in [2.75, 3.05) is 9.96 Å². The lowest BCUT2D eigenvalue weighted by Crippen LogP contribution is -2.37. The van der Waals surface area contributed by atoms with Crippen LogP contribution in [0.3, 0.4) is 0 Å². The zero-order chi connectivity index (χ0) is 20.1. The van der Waals surface area contributed by atoms with Crippen molar-refractivity contribution in [3.8, 4) is 0 Å². The highest BCUT2D eigenvalue weighted by molar-refractivity contribution is 6.30. The van der Waals surface area contributed by atoms with Crippen molar-refractivity contribution >= 4 is 34.8 Å². The highest BCUT2D eigenvalue weighted by Gasteiger charge is 2.61. The quantitative estimate of drug-likeness (QED) is 0.605. The van der Waals surface area contributed by atoms with Gasteiger partial charge in [-0.25, -0.2) is 9.96 Å². The van der Waals surface area contributed by atoms with Gasteiger partial charge >= 0.3 is 0 Å². The van der Waals surface area contributed by atoms with Gasteiger partial charge in [0, 0.05) is 5.02 Å². The SMILES string of the molecule is Cc1ccc(N2C(=O)[C@H]3[C@H](ON(c4ccc(Cl)cc4)[C@H]3c3ccco3)C2=O)cc1. The van der Waals surface area contributed by atoms with Crippen LogP contribution in [0.4, 0.5) is 11.4 Å². The molecule has 0 saturated carbocycles. The molecule has 0 bridgehead atoms. The molecule has 7 heteroatoms. The smallest absolute Gasteiger partial charge is 0.266 e. The van der Waals surface area contributed by atoms with Crippen molar-refractivity contribution in [2.45, 2.75) is 19.1 Å². The number of rotatable bonds is 3. The van der Waals surface area contributed by atoms with E-state index < -0.39 is 18.1 Å². The van der Waals surface area contributed by atoms with Crippen molar-refractivity contribution in [3.63, 3.8) is 0 Å². The maximum atomic E-state index is 13.4. The maximum absolute atomic E-state index is 13.4. The van der Waals surface area contributed by atoms with Gasteiger partial charge in [0.25, 0.3) is 5.91 Å². The second-order valence-electron chi connectivity index (χ2n) is 7.16. The number of nitrogens with zero attached hydrogens (tertiary/aromatic N) is 2. The number of fused-ring (bicyclic) bond motifs is 1. The number of hydrogen-bond donors (Lipinski definition) is 0. The van der Waals surface area contributed by atoms with E-state index in [9.17, 15) is 9.59 Å². The third kappa shape index (κ3) is 2.84. The van der Waals surface area contributed by atoms with Crippen molar-refractivity contribution in [3.05, 3.63) is 83.3 Å². The van der Waals surface area contributed by atoms with Crippen molar-refractivity contribution < 1.29 is 18.8 Å². The highest BCUT2D eigenvalue weighted by Crippen LogP contribution is 2.47. The molecule has 0 aliphatic carbocycles. The molecule has 2 aliphatic heterocycles. The van der Waals surface area contributed by atoms with Gasteiger partial charge in [0.05, 0.1) is 17.6 Å². The number of furan rings is 1. The number of aryl methyl sites for hydroxylation is 1. The lowest BCUT2D eigenvalue weighted by Gasteiger charge is -2.27. The van der Waals surface area contributed by atoms with Crippen LogP contribution in [0.25, 0.3) is 0 Å². The molecule has 2 amide bonds. The summed E-state index contributed by atoms with van der Waals surface area (Å²) >= 11 is 6.00. The lowest BCUT2D eigenvalue weighted by molar-refractivity contribution is -0.126. The van der Waals surface area contributed by atoms with E-state index in [-0.39, 0.29) is 11.8 Å². The molecule has 29 heavy (non-hydrogen) atoms. The van der Waals surface area contributed by atoms with E-state index in [0.29, 0.717) is 22.2 Å². The number of benzene rings is 2. The average Bonchev–Trinajstić information content (AvgIpc) is 3.41. The Hall–Kier alpha value is -3.09. The van der Waals surface area contributed by atoms with Crippen molar-refractivity contribution in [2.24, 2.45) is 5.92 Å². The second kappa shape index (κ2) is 6.76. The summed E-state index contributed by atoms with van der Waals surface area (Å²) < 4.78 is 5.61. The Morgan fingerprint density at radius 1 is 0.897 bits per heavy atom. The van der Waals surface area contributed by atoms with Gasteiger partial charge in [-0.05, 0) is 55.5 Å². The van der Waals surface area contributed by atoms with Crippen LogP contribution in [0.5, 0.6) is 0 Å². The van der Waals surface area contributed by atoms with Gasteiger partial charge in [0.1, 0.15) is 17.7 Å². The molecule has 5 rings (SSSR count). The van der Waals surface area contributed by atoms with Crippen LogP contribution >= 0.6 is 11.6 Å². The van der Waals surface area contributed by atoms with E-state index in [1.54, 1.807) is 59.9 Å². The molecule has 3 atom stereocenters. The second-order valence-corrected chi connectivity index (χ2v) is 7.60. The molecule has 6 nitrogen and oxygen atoms in total. The first-order chi connectivity index (χ1) is 14.0. The Bertz CT molecular complexity index is 1060. The summed E-state index contributed by atoms with van der Waals surface area (Å²) in [6.07, 6.45) is 0.622. The van der Waals surface area contributed by atoms with E-state index in [4.69, 9.17) is 20.9 Å². The predicted molar refractivity (Wildman–Crippen MR) is 107 cm³/mol. The first kappa shape index (κ1) is 18.0. The molecule has 3 heterocycles. The molecule has 1 aromatic heterocycles. The van der Waals surface area contributed by atoms with E-state index in [1.165, 1.54) is 4.90 Å². The summed E-state index contributed by atoms with van der Waals surface area (Å²) in [6, 6.07) is 17.3. The molecule has 2 fully saturated rings. The zero-order valence-electron chi connectivity index (χ0n) is 15.5. The average molecular weight is 409 g/mol. The summed E-state index contributed by atoms with van der Waals surface area (Å²) in [6.45, 7) is 1.95. The van der Waals surface area contributed by atoms with Crippen LogP contribution in [0.15, 0.2) is 71.3 Å². The number of hydrogen-bond acceptors (Lipinski definition) is 5. The van der Waals surface area contributed by atoms with Crippen LogP contribution < -0.4 is 9.96 Å². The molecule has 0 N–H and O–H groups in total. The van der Waals surface area contributed by atoms with Crippen LogP contribution in [0.2, 0.25) is 5.02 Å². The van der Waals surface area contributed by atoms with Crippen LogP contribution in [0.1, 0.15) is 17.4 Å². The Morgan fingerprint density at radius 2 is 1.59 bits per heavy atom. The zero-order valence-corrected chi connectivity index (χ0v) is 16.2. The molecule has 0 spiro atoms. The van der Waals surface area contributed by atoms with Gasteiger partial charge in [-0.1, -0.05) is 29.3 Å². The standard InChI is InChI=1S/C22H17ClN2O4/c1-13-4-8-15(9-5-13)24-21(26)18-19(17-3-2-12-28-17)25(29-20(18)22(24)27)16-10-6-14(23)7-11-16/h2-12,18-20H,1H3/t18-,19+,20+/m1/s1. The van der Waals surface area contributed by atoms with Gasteiger partial charge in [-0.3, -0.25) is 14.4 Å². The van der Waals surface area contributed by atoms with Crippen LogP contribution in [-0.2, 0) is 14.4 Å². The first-order valence-corrected chi connectivity index (χ1v) is 9.62. The molecular formula is C22H17ClN2O4. The Labute approximate surface area is 172 Å². The number of amides is 2. The summed E-state index contributed by atoms with van der Waals surface area (Å²) in [4.78, 5) is 33.7. The van der Waals surface area contributed by atoms with Crippen LogP contribution in [0, 0.1) is 12.8 Å². The third-order valence-corrected chi connectivity index (χ3v) is 5.58. The molecule has 2 aromatic carbocycles. The van der Waals surface area contributed by atoms with E-state index >= 15 is 0 Å². The number of anilines is 2. The van der Waals surface area contributed by atoms with E-state index in [1.807, 2.05) is 19.1 Å². The largest absolute Gasteiger partial charge is 0.467 e. The Kier molecular flexibility index (Phi) is 4.19. The number of hydroxylamine groups is 1. The molecule has 0 radical (unpaired) electrons. The van der Waals surface area contributed by atoms with Crippen molar-refractivity contribution in [1.82, 2.24) is 0 Å². The highest BCUT2D eigenvalue weighted by atomic mass is 35.5. The normalized spacial score (nSPS) is 23.7. The topological polar surface area (TPSA) is 63.0 Å². The summed E-state index contributed by atoms with van der Waals surface area (Å²) in [5.74, 6) is -0.844. The molecular weight excluding hydrogens is 392 g/mol. The number of halogens is 1. The van der Waals surface area contributed by atoms with Crippen LogP contribution in [-0.4, -0.2) is 17.9 Å². The fourth-order valence-electron chi connectivity index (χ4n) is 3.92. The lowest BCUT2D eigenvalue weighted by atomic mass is 9.94. The minimum absolute atomic E-state index is 0.304. The van der Waals surface area contributed by atoms with E-state index in [0.717, 1.165) is 5.56 Å². The summed E-state index contributed by atoms with van der Waals surface area (Å²) in [5.41, 5.74) is 2.28. The fraction of sp³-hybridized carbons (Fsp3) is 0.182. The molecule has 2 aliphatic rings. The minimum atomic E-state index is -0.922. The number of carbonyl (C=O) groups excluding carboxylic acids is 2. The fourth-order valence-corrected chi connectivity index (χ4v) is 4.05. The Balaban J connectivity index is 1.56. The molecule has 146 valence electrons. The van der Waals surface area contributed by atoms with Gasteiger partial charge in [0.2, 0.25) is 5.91 Å². The third-order valence-electron chi connectivity index (χ3n) is 5.32. The summed E-state index contributed by atoms with van der Waals surface area (Å²) in [5, 5.41) is 2.16. The maximum Gasteiger partial charge on any atom is 0.266 e. The van der Waals surface area contributed by atoms with E-state index in [2.05, 4.69) is 0 Å². The monoisotopic (exact) mass is 408 g/mol. The molecule has 0 unspecified atom stereocenters. The van der Waals surface area contributed by atoms with Gasteiger partial charge < -0.3 is 4.42 Å². The first-order valence-electron chi connectivity index (χ1n) is 9.24.